The molecule has 4 aliphatic rings. The molecule has 3 fully saturated rings. The van der Waals surface area contributed by atoms with Gasteiger partial charge in [-0.25, -0.2) is 14.5 Å². The van der Waals surface area contributed by atoms with E-state index in [-0.39, 0.29) is 24.9 Å². The predicted octanol–water partition coefficient (Wildman–Crippen LogP) is 4.79. The number of aryl methyl sites for hydroxylation is 2. The number of nitrogens with one attached hydrogen (secondary N) is 2. The molecule has 1 saturated carbocycles. The van der Waals surface area contributed by atoms with Crippen molar-refractivity contribution in [3.8, 4) is 11.5 Å². The standard InChI is InChI=1S/C40H43ClN12O5/c1-24-17-28(52(57)23-44-31-21-43-38-30(41)20-45-53(38)36(31)25-5-2-3-6-25)19-42-35(24)37-47-34(58-48-37)7-4-12-49-13-15-50(16-14-49)27-8-9-29-26(18-27)22-51(40(29)56)32-10-11-33(54)46-39(32)55/h8-9,17-21,25,32,44H,2-7,10-16,22-23H2,1H3/p+1. The first-order valence-electron chi connectivity index (χ1n) is 20.0. The lowest BCUT2D eigenvalue weighted by atomic mass is 10.0. The summed E-state index contributed by atoms with van der Waals surface area (Å²) >= 11 is 6.32. The Bertz CT molecular complexity index is 2420. The first kappa shape index (κ1) is 37.7. The lowest BCUT2D eigenvalue weighted by Crippen LogP contribution is -2.52. The van der Waals surface area contributed by atoms with E-state index < -0.39 is 11.9 Å². The summed E-state index contributed by atoms with van der Waals surface area (Å²) in [5.41, 5.74) is 6.68. The molecule has 5 aromatic rings. The van der Waals surface area contributed by atoms with E-state index in [9.17, 15) is 19.3 Å². The van der Waals surface area contributed by atoms with Crippen molar-refractivity contribution in [3.05, 3.63) is 81.1 Å². The Morgan fingerprint density at radius 3 is 2.64 bits per heavy atom. The Balaban J connectivity index is 0.749. The summed E-state index contributed by atoms with van der Waals surface area (Å²) in [6.07, 6.45) is 11.3. The summed E-state index contributed by atoms with van der Waals surface area (Å²) in [6.45, 7) is 6.59. The molecule has 7 heterocycles. The predicted molar refractivity (Wildman–Crippen MR) is 213 cm³/mol. The van der Waals surface area contributed by atoms with Crippen molar-refractivity contribution in [2.24, 2.45) is 0 Å². The second-order valence-corrected chi connectivity index (χ2v) is 15.9. The maximum atomic E-state index is 13.3. The zero-order valence-corrected chi connectivity index (χ0v) is 33.0. The molecular formula is C40H44ClN12O5+. The van der Waals surface area contributed by atoms with Crippen LogP contribution in [0.3, 0.4) is 0 Å². The van der Waals surface area contributed by atoms with Crippen molar-refractivity contribution >= 4 is 52.0 Å². The number of hydrogen-bond acceptors (Lipinski definition) is 13. The molecule has 300 valence electrons. The molecule has 0 bridgehead atoms. The molecular weight excluding hydrogens is 764 g/mol. The number of benzene rings is 1. The maximum absolute atomic E-state index is 13.3. The zero-order chi connectivity index (χ0) is 39.9. The number of halogens is 1. The first-order valence-corrected chi connectivity index (χ1v) is 20.3. The fourth-order valence-corrected chi connectivity index (χ4v) is 8.89. The summed E-state index contributed by atoms with van der Waals surface area (Å²) in [6, 6.07) is 7.06. The lowest BCUT2D eigenvalue weighted by molar-refractivity contribution is -0.456. The van der Waals surface area contributed by atoms with Gasteiger partial charge >= 0.3 is 0 Å². The Labute approximate surface area is 338 Å². The van der Waals surface area contributed by atoms with E-state index in [1.807, 2.05) is 19.1 Å². The monoisotopic (exact) mass is 807 g/mol. The summed E-state index contributed by atoms with van der Waals surface area (Å²) in [5, 5.41) is 14.8. The van der Waals surface area contributed by atoms with Gasteiger partial charge in [0.25, 0.3) is 18.3 Å². The van der Waals surface area contributed by atoms with E-state index in [2.05, 4.69) is 51.7 Å². The molecule has 9 rings (SSSR count). The van der Waals surface area contributed by atoms with Gasteiger partial charge in [-0.1, -0.05) is 29.6 Å². The average Bonchev–Trinajstić information content (AvgIpc) is 4.06. The number of imide groups is 1. The quantitative estimate of drug-likeness (QED) is 0.0997. The van der Waals surface area contributed by atoms with E-state index in [1.165, 1.54) is 6.20 Å². The molecule has 58 heavy (non-hydrogen) atoms. The van der Waals surface area contributed by atoms with Crippen molar-refractivity contribution in [1.29, 1.82) is 0 Å². The normalized spacial score (nSPS) is 19.0. The highest BCUT2D eigenvalue weighted by Crippen LogP contribution is 2.38. The molecule has 2 saturated heterocycles. The molecule has 1 unspecified atom stereocenters. The SMILES string of the molecule is Cc1cc([N+](=O)CNc2cnc3c(Cl)cnn3c2C2CCCC2)cnc1-c1noc(CCCN2CCN(c3ccc4c(c3)CN(C3CCC(=O)NC3=O)C4=O)CC2)n1. The minimum atomic E-state index is -0.619. The number of fused-ring (bicyclic) bond motifs is 2. The van der Waals surface area contributed by atoms with Gasteiger partial charge in [-0.15, -0.1) is 0 Å². The van der Waals surface area contributed by atoms with Crippen LogP contribution < -0.4 is 15.5 Å². The molecule has 1 atom stereocenters. The summed E-state index contributed by atoms with van der Waals surface area (Å²) in [4.78, 5) is 70.4. The van der Waals surface area contributed by atoms with Gasteiger partial charge in [0, 0.05) is 73.7 Å². The lowest BCUT2D eigenvalue weighted by Gasteiger charge is -2.36. The molecule has 18 heteroatoms. The molecule has 3 amide bonds. The van der Waals surface area contributed by atoms with Gasteiger partial charge in [-0.2, -0.15) is 10.1 Å². The highest BCUT2D eigenvalue weighted by Gasteiger charge is 2.39. The molecule has 1 aliphatic carbocycles. The number of rotatable bonds is 12. The summed E-state index contributed by atoms with van der Waals surface area (Å²) in [5.74, 6) is 0.382. The number of carbonyl (C=O) groups is 3. The molecule has 0 radical (unpaired) electrons. The van der Waals surface area contributed by atoms with Gasteiger partial charge in [0.15, 0.2) is 5.65 Å². The van der Waals surface area contributed by atoms with Gasteiger partial charge in [0.2, 0.25) is 23.5 Å². The second-order valence-electron chi connectivity index (χ2n) is 15.5. The highest BCUT2D eigenvalue weighted by molar-refractivity contribution is 6.33. The Morgan fingerprint density at radius 1 is 1.02 bits per heavy atom. The summed E-state index contributed by atoms with van der Waals surface area (Å²) in [7, 11) is 0. The van der Waals surface area contributed by atoms with Crippen LogP contribution in [-0.4, -0.2) is 107 Å². The Hall–Kier alpha value is -5.81. The van der Waals surface area contributed by atoms with E-state index >= 15 is 0 Å². The van der Waals surface area contributed by atoms with Gasteiger partial charge in [0.1, 0.15) is 23.0 Å². The van der Waals surface area contributed by atoms with E-state index in [0.29, 0.717) is 64.6 Å². The smallest absolute Gasteiger partial charge is 0.276 e. The van der Waals surface area contributed by atoms with Crippen molar-refractivity contribution in [2.75, 3.05) is 49.6 Å². The van der Waals surface area contributed by atoms with E-state index in [4.69, 9.17) is 16.1 Å². The van der Waals surface area contributed by atoms with Crippen LogP contribution in [0.15, 0.2) is 47.4 Å². The minimum Gasteiger partial charge on any atom is -0.369 e. The van der Waals surface area contributed by atoms with Crippen LogP contribution in [0.25, 0.3) is 17.2 Å². The number of nitroso groups, excluding NO2 is 1. The number of amides is 3. The number of nitrogens with zero attached hydrogens (tertiary/aromatic N) is 10. The topological polar surface area (TPSA) is 187 Å². The van der Waals surface area contributed by atoms with E-state index in [1.54, 1.807) is 27.9 Å². The number of aromatic nitrogens is 6. The third-order valence-corrected chi connectivity index (χ3v) is 12.1. The maximum Gasteiger partial charge on any atom is 0.276 e. The zero-order valence-electron chi connectivity index (χ0n) is 32.2. The molecule has 1 aromatic carbocycles. The van der Waals surface area contributed by atoms with Crippen molar-refractivity contribution in [3.63, 3.8) is 0 Å². The van der Waals surface area contributed by atoms with Crippen LogP contribution in [-0.2, 0) is 22.6 Å². The van der Waals surface area contributed by atoms with Crippen molar-refractivity contribution in [1.82, 2.24) is 44.8 Å². The van der Waals surface area contributed by atoms with Crippen LogP contribution >= 0.6 is 11.6 Å². The molecule has 0 spiro atoms. The molecule has 4 aromatic heterocycles. The second kappa shape index (κ2) is 15.9. The van der Waals surface area contributed by atoms with Crippen LogP contribution in [0.5, 0.6) is 0 Å². The van der Waals surface area contributed by atoms with Crippen LogP contribution in [0, 0.1) is 11.8 Å². The van der Waals surface area contributed by atoms with Crippen LogP contribution in [0.2, 0.25) is 5.02 Å². The van der Waals surface area contributed by atoms with Crippen LogP contribution in [0.4, 0.5) is 17.1 Å². The first-order chi connectivity index (χ1) is 28.2. The highest BCUT2D eigenvalue weighted by atomic mass is 35.5. The number of anilines is 2. The fourth-order valence-electron chi connectivity index (χ4n) is 8.72. The van der Waals surface area contributed by atoms with Crippen molar-refractivity contribution in [2.45, 2.75) is 76.8 Å². The Morgan fingerprint density at radius 2 is 1.84 bits per heavy atom. The Kier molecular flexibility index (Phi) is 10.3. The molecule has 17 nitrogen and oxygen atoms in total. The van der Waals surface area contributed by atoms with Gasteiger partial charge in [-0.05, 0) is 68.5 Å². The van der Waals surface area contributed by atoms with Crippen LogP contribution in [0.1, 0.15) is 83.9 Å². The van der Waals surface area contributed by atoms with Gasteiger partial charge in [-0.3, -0.25) is 24.6 Å². The molecule has 2 N–H and O–H groups in total. The largest absolute Gasteiger partial charge is 0.369 e. The average molecular weight is 808 g/mol. The number of pyridine rings is 1. The number of piperazine rings is 1. The summed E-state index contributed by atoms with van der Waals surface area (Å²) < 4.78 is 8.25. The van der Waals surface area contributed by atoms with Crippen molar-refractivity contribution < 1.29 is 23.7 Å². The number of piperidine rings is 1. The van der Waals surface area contributed by atoms with E-state index in [0.717, 1.165) is 97.8 Å². The van der Waals surface area contributed by atoms with Gasteiger partial charge < -0.3 is 19.6 Å². The number of carbonyl (C=O) groups excluding carboxylic acids is 3. The minimum absolute atomic E-state index is 0.00693. The fraction of sp³-hybridized carbons (Fsp3) is 0.450. The third-order valence-electron chi connectivity index (χ3n) is 11.8. The molecule has 3 aliphatic heterocycles. The third kappa shape index (κ3) is 7.39. The van der Waals surface area contributed by atoms with Gasteiger partial charge in [0.05, 0.1) is 28.5 Å². The number of hydrogen-bond donors (Lipinski definition) is 2.